The van der Waals surface area contributed by atoms with Gasteiger partial charge in [0.2, 0.25) is 0 Å². The zero-order valence-electron chi connectivity index (χ0n) is 26.4. The zero-order chi connectivity index (χ0) is 34.3. The number of cyclic esters (lactones) is 1. The highest BCUT2D eigenvalue weighted by Gasteiger charge is 2.51. The number of aliphatic hydroxyl groups excluding tert-OH is 4. The van der Waals surface area contributed by atoms with Gasteiger partial charge in [-0.1, -0.05) is 55.5 Å². The van der Waals surface area contributed by atoms with Crippen LogP contribution < -0.4 is 5.73 Å². The molecule has 4 rings (SSSR count). The quantitative estimate of drug-likeness (QED) is 0.155. The van der Waals surface area contributed by atoms with Crippen LogP contribution >= 0.6 is 0 Å². The molecule has 0 aromatic heterocycles. The average molecular weight is 666 g/mol. The molecule has 2 bridgehead atoms. The molecule has 0 amide bonds. The molecule has 262 valence electrons. The minimum absolute atomic E-state index is 0.0726. The first-order chi connectivity index (χ1) is 22.3. The number of allylic oxidation sites excluding steroid dienone is 6. The van der Waals surface area contributed by atoms with Crippen LogP contribution in [0.2, 0.25) is 0 Å². The summed E-state index contributed by atoms with van der Waals surface area (Å²) in [4.78, 5) is 24.5. The minimum atomic E-state index is -2.10. The third kappa shape index (κ3) is 10.6. The molecular formula is C33H47NO13. The van der Waals surface area contributed by atoms with E-state index in [1.807, 2.05) is 19.1 Å². The first-order valence-corrected chi connectivity index (χ1v) is 15.9. The van der Waals surface area contributed by atoms with E-state index in [1.165, 1.54) is 12.2 Å². The number of aliphatic hydroxyl groups is 5. The van der Waals surface area contributed by atoms with Crippen molar-refractivity contribution in [3.63, 3.8) is 0 Å². The Bertz CT molecular complexity index is 1220. The van der Waals surface area contributed by atoms with Crippen molar-refractivity contribution in [2.75, 3.05) is 6.61 Å². The largest absolute Gasteiger partial charge is 0.481 e. The second kappa shape index (κ2) is 16.6. The molecule has 5 unspecified atom stereocenters. The third-order valence-electron chi connectivity index (χ3n) is 8.76. The van der Waals surface area contributed by atoms with Gasteiger partial charge in [-0.2, -0.15) is 0 Å². The summed E-state index contributed by atoms with van der Waals surface area (Å²) in [6, 6.07) is -1.06. The molecule has 0 saturated carbocycles. The molecule has 3 saturated heterocycles. The maximum absolute atomic E-state index is 12.3. The average Bonchev–Trinajstić information content (AvgIpc) is 3.73. The molecule has 8 N–H and O–H groups in total. The molecule has 0 spiro atoms. The van der Waals surface area contributed by atoms with Gasteiger partial charge in [-0.25, -0.2) is 4.79 Å². The number of ether oxygens (including phenoxy) is 5. The Kier molecular flexibility index (Phi) is 13.1. The number of carboxylic acid groups (broad SMARTS) is 1. The molecule has 14 atom stereocenters. The Morgan fingerprint density at radius 1 is 0.936 bits per heavy atom. The van der Waals surface area contributed by atoms with E-state index in [-0.39, 0.29) is 31.8 Å². The van der Waals surface area contributed by atoms with Crippen LogP contribution in [-0.4, -0.2) is 122 Å². The first kappa shape index (κ1) is 37.1. The number of hydrogen-bond donors (Lipinski definition) is 7. The van der Waals surface area contributed by atoms with Gasteiger partial charge in [0, 0.05) is 37.7 Å². The number of aliphatic carboxylic acids is 1. The zero-order valence-corrected chi connectivity index (χ0v) is 26.4. The molecule has 0 aliphatic carbocycles. The Hall–Kier alpha value is -2.76. The lowest BCUT2D eigenvalue weighted by Gasteiger charge is -2.44. The molecule has 4 aliphatic heterocycles. The van der Waals surface area contributed by atoms with Crippen molar-refractivity contribution in [1.29, 1.82) is 0 Å². The van der Waals surface area contributed by atoms with Gasteiger partial charge >= 0.3 is 11.9 Å². The van der Waals surface area contributed by atoms with Crippen LogP contribution in [0.15, 0.2) is 60.8 Å². The van der Waals surface area contributed by atoms with Gasteiger partial charge < -0.3 is 60.1 Å². The molecule has 14 heteroatoms. The first-order valence-electron chi connectivity index (χ1n) is 15.9. The number of nitrogens with two attached hydrogens (primary N) is 1. The summed E-state index contributed by atoms with van der Waals surface area (Å²) in [5.74, 6) is -5.52. The molecule has 0 aromatic carbocycles. The third-order valence-corrected chi connectivity index (χ3v) is 8.76. The van der Waals surface area contributed by atoms with E-state index in [1.54, 1.807) is 43.4 Å². The number of epoxide rings is 1. The minimum Gasteiger partial charge on any atom is -0.481 e. The summed E-state index contributed by atoms with van der Waals surface area (Å²) >= 11 is 0. The van der Waals surface area contributed by atoms with Gasteiger partial charge in [0.15, 0.2) is 12.1 Å². The topological polar surface area (TPSA) is 231 Å². The highest BCUT2D eigenvalue weighted by atomic mass is 16.7. The Morgan fingerprint density at radius 2 is 1.62 bits per heavy atom. The molecule has 0 radical (unpaired) electrons. The predicted molar refractivity (Wildman–Crippen MR) is 165 cm³/mol. The van der Waals surface area contributed by atoms with Gasteiger partial charge in [0.25, 0.3) is 0 Å². The summed E-state index contributed by atoms with van der Waals surface area (Å²) in [5, 5.41) is 63.5. The van der Waals surface area contributed by atoms with Gasteiger partial charge in [0.05, 0.1) is 49.3 Å². The standard InChI is InChI=1S/C33H47NO13/c1-18-9-7-5-3-4-6-8-10-21(45-32-30(39)29(34)23(37)17-43-32)14-26-28(31(40)41)22(36)16-33(42,47-26)15-20(35)13-25-24(46-25)11-12-27(38)44-19(18)2/h3-12,18-26,28-30,32,35-37,39,42H,13-17,34H2,1-2H3,(H,40,41)/b5-3+,6-4+,9-7+,10-8+,12-11+/t18-,19+,20?,21?,22-,23+,24+,25?,26-,28+,29-,30-,32?,33?/m0/s1. The van der Waals surface area contributed by atoms with Crippen LogP contribution in [0.4, 0.5) is 0 Å². The Labute approximate surface area is 273 Å². The second-order valence-corrected chi connectivity index (χ2v) is 12.6. The maximum Gasteiger partial charge on any atom is 0.330 e. The fourth-order valence-corrected chi connectivity index (χ4v) is 5.85. The maximum atomic E-state index is 12.3. The van der Waals surface area contributed by atoms with E-state index in [0.29, 0.717) is 0 Å². The Balaban J connectivity index is 1.58. The van der Waals surface area contributed by atoms with Crippen molar-refractivity contribution in [3.05, 3.63) is 60.8 Å². The van der Waals surface area contributed by atoms with E-state index in [4.69, 9.17) is 29.4 Å². The molecule has 4 aliphatic rings. The Morgan fingerprint density at radius 3 is 2.32 bits per heavy atom. The predicted octanol–water partition coefficient (Wildman–Crippen LogP) is -0.0228. The molecule has 14 nitrogen and oxygen atoms in total. The van der Waals surface area contributed by atoms with Crippen molar-refractivity contribution in [1.82, 2.24) is 0 Å². The van der Waals surface area contributed by atoms with Crippen molar-refractivity contribution < 1.29 is 63.9 Å². The molecule has 0 aromatic rings. The number of fused-ring (bicyclic) bond motifs is 3. The monoisotopic (exact) mass is 665 g/mol. The second-order valence-electron chi connectivity index (χ2n) is 12.6. The molecule has 47 heavy (non-hydrogen) atoms. The summed E-state index contributed by atoms with van der Waals surface area (Å²) in [7, 11) is 0. The van der Waals surface area contributed by atoms with Crippen LogP contribution in [0.25, 0.3) is 0 Å². The van der Waals surface area contributed by atoms with Gasteiger partial charge in [0.1, 0.15) is 24.2 Å². The molecule has 4 heterocycles. The van der Waals surface area contributed by atoms with E-state index in [0.717, 1.165) is 0 Å². The van der Waals surface area contributed by atoms with Crippen LogP contribution in [-0.2, 0) is 33.3 Å². The van der Waals surface area contributed by atoms with Gasteiger partial charge in [-0.3, -0.25) is 4.79 Å². The number of carbonyl (C=O) groups is 2. The number of rotatable bonds is 3. The van der Waals surface area contributed by atoms with E-state index in [9.17, 15) is 40.2 Å². The fourth-order valence-electron chi connectivity index (χ4n) is 5.85. The van der Waals surface area contributed by atoms with Crippen molar-refractivity contribution in [3.8, 4) is 0 Å². The number of carboxylic acids is 1. The van der Waals surface area contributed by atoms with Crippen molar-refractivity contribution >= 4 is 11.9 Å². The van der Waals surface area contributed by atoms with E-state index < -0.39 is 97.3 Å². The lowest BCUT2D eigenvalue weighted by atomic mass is 9.83. The van der Waals surface area contributed by atoms with Crippen LogP contribution in [0.3, 0.4) is 0 Å². The number of carbonyl (C=O) groups excluding carboxylic acids is 1. The van der Waals surface area contributed by atoms with Crippen LogP contribution in [0.5, 0.6) is 0 Å². The summed E-state index contributed by atoms with van der Waals surface area (Å²) < 4.78 is 28.4. The summed E-state index contributed by atoms with van der Waals surface area (Å²) in [6.45, 7) is 3.50. The summed E-state index contributed by atoms with van der Waals surface area (Å²) in [5.41, 5.74) is 5.89. The fraction of sp³-hybridized carbons (Fsp3) is 0.636. The van der Waals surface area contributed by atoms with Crippen molar-refractivity contribution in [2.24, 2.45) is 17.6 Å². The lowest BCUT2D eigenvalue weighted by Crippen LogP contribution is -2.59. The van der Waals surface area contributed by atoms with E-state index in [2.05, 4.69) is 0 Å². The highest BCUT2D eigenvalue weighted by molar-refractivity contribution is 5.82. The SMILES string of the molecule is C[C@H]1/C=C/C=C/C=C/C=C/C(OC2OC[C@@H](O)[C@H](N)[C@@H]2O)C[C@@H]2OC(O)(CC(O)CC3O[C@@H]3/C=C/C(=O)O[C@@H]1C)C[C@H](O)[C@H]2C(=O)O. The number of esters is 1. The molecular weight excluding hydrogens is 618 g/mol. The lowest BCUT2D eigenvalue weighted by molar-refractivity contribution is -0.305. The van der Waals surface area contributed by atoms with Gasteiger partial charge in [-0.05, 0) is 13.0 Å². The summed E-state index contributed by atoms with van der Waals surface area (Å²) in [6.07, 6.45) is 5.66. The smallest absolute Gasteiger partial charge is 0.330 e. The normalized spacial score (nSPS) is 47.2. The van der Waals surface area contributed by atoms with Crippen LogP contribution in [0, 0.1) is 11.8 Å². The van der Waals surface area contributed by atoms with E-state index >= 15 is 0 Å². The van der Waals surface area contributed by atoms with Crippen molar-refractivity contribution in [2.45, 2.75) is 113 Å². The van der Waals surface area contributed by atoms with Gasteiger partial charge in [-0.15, -0.1) is 0 Å². The van der Waals surface area contributed by atoms with Crippen LogP contribution in [0.1, 0.15) is 39.5 Å². The molecule has 3 fully saturated rings. The highest BCUT2D eigenvalue weighted by Crippen LogP contribution is 2.39. The number of hydrogen-bond acceptors (Lipinski definition) is 13.